The molecular weight excluding hydrogens is 248 g/mol. The highest BCUT2D eigenvalue weighted by Gasteiger charge is 2.17. The Morgan fingerprint density at radius 2 is 1.68 bits per heavy atom. The van der Waals surface area contributed by atoms with Crippen molar-refractivity contribution in [2.24, 2.45) is 0 Å². The summed E-state index contributed by atoms with van der Waals surface area (Å²) in [5.74, 6) is -2.51. The van der Waals surface area contributed by atoms with Crippen LogP contribution in [0, 0.1) is 18.6 Å². The van der Waals surface area contributed by atoms with Crippen molar-refractivity contribution in [1.82, 2.24) is 0 Å². The van der Waals surface area contributed by atoms with Crippen LogP contribution < -0.4 is 5.73 Å². The maximum Gasteiger partial charge on any atom is 0.170 e. The van der Waals surface area contributed by atoms with Crippen LogP contribution in [0.15, 0.2) is 36.4 Å². The van der Waals surface area contributed by atoms with Crippen LogP contribution in [0.1, 0.15) is 21.5 Å². The van der Waals surface area contributed by atoms with Gasteiger partial charge >= 0.3 is 0 Å². The standard InChI is InChI=1S/C15H13F2NO/c1-9-2-7-12(15(17)14(9)16)13(19)8-10-3-5-11(18)6-4-10/h2-7H,8,18H2,1H3. The largest absolute Gasteiger partial charge is 0.399 e. The number of carbonyl (C=O) groups excluding carboxylic acids is 1. The monoisotopic (exact) mass is 261 g/mol. The Balaban J connectivity index is 2.25. The minimum Gasteiger partial charge on any atom is -0.399 e. The van der Waals surface area contributed by atoms with Crippen molar-refractivity contribution in [1.29, 1.82) is 0 Å². The van der Waals surface area contributed by atoms with Crippen molar-refractivity contribution in [3.8, 4) is 0 Å². The second-order valence-corrected chi connectivity index (χ2v) is 4.40. The van der Waals surface area contributed by atoms with Crippen LogP contribution in [0.5, 0.6) is 0 Å². The van der Waals surface area contributed by atoms with Crippen molar-refractivity contribution in [3.05, 3.63) is 64.7 Å². The van der Waals surface area contributed by atoms with Gasteiger partial charge in [-0.1, -0.05) is 18.2 Å². The molecule has 98 valence electrons. The zero-order chi connectivity index (χ0) is 14.0. The first-order chi connectivity index (χ1) is 8.99. The topological polar surface area (TPSA) is 43.1 Å². The summed E-state index contributed by atoms with van der Waals surface area (Å²) in [4.78, 5) is 11.9. The van der Waals surface area contributed by atoms with Gasteiger partial charge in [-0.05, 0) is 36.2 Å². The quantitative estimate of drug-likeness (QED) is 0.680. The van der Waals surface area contributed by atoms with Gasteiger partial charge in [0, 0.05) is 12.1 Å². The van der Waals surface area contributed by atoms with E-state index in [1.807, 2.05) is 0 Å². The third kappa shape index (κ3) is 2.78. The number of anilines is 1. The van der Waals surface area contributed by atoms with Crippen LogP contribution in [0.3, 0.4) is 0 Å². The predicted molar refractivity (Wildman–Crippen MR) is 70.0 cm³/mol. The van der Waals surface area contributed by atoms with Crippen molar-refractivity contribution < 1.29 is 13.6 Å². The molecule has 0 aliphatic heterocycles. The van der Waals surface area contributed by atoms with Crippen LogP contribution in [0.4, 0.5) is 14.5 Å². The van der Waals surface area contributed by atoms with Crippen LogP contribution >= 0.6 is 0 Å². The Morgan fingerprint density at radius 3 is 2.32 bits per heavy atom. The van der Waals surface area contributed by atoms with Gasteiger partial charge in [-0.2, -0.15) is 0 Å². The lowest BCUT2D eigenvalue weighted by molar-refractivity contribution is 0.0988. The van der Waals surface area contributed by atoms with Crippen LogP contribution in [-0.4, -0.2) is 5.78 Å². The minimum atomic E-state index is -1.08. The number of hydrogen-bond acceptors (Lipinski definition) is 2. The van der Waals surface area contributed by atoms with Gasteiger partial charge in [0.1, 0.15) is 0 Å². The van der Waals surface area contributed by atoms with Crippen molar-refractivity contribution in [2.75, 3.05) is 5.73 Å². The Kier molecular flexibility index (Phi) is 3.60. The first-order valence-corrected chi connectivity index (χ1v) is 5.81. The highest BCUT2D eigenvalue weighted by Crippen LogP contribution is 2.18. The fraction of sp³-hybridized carbons (Fsp3) is 0.133. The number of carbonyl (C=O) groups is 1. The van der Waals surface area contributed by atoms with Gasteiger partial charge in [0.2, 0.25) is 0 Å². The molecule has 2 rings (SSSR count). The molecule has 0 aromatic heterocycles. The SMILES string of the molecule is Cc1ccc(C(=O)Cc2ccc(N)cc2)c(F)c1F. The number of nitrogen functional groups attached to an aromatic ring is 1. The summed E-state index contributed by atoms with van der Waals surface area (Å²) >= 11 is 0. The van der Waals surface area contributed by atoms with E-state index in [1.165, 1.54) is 19.1 Å². The maximum atomic E-state index is 13.7. The number of benzene rings is 2. The van der Waals surface area contributed by atoms with E-state index in [4.69, 9.17) is 5.73 Å². The van der Waals surface area contributed by atoms with E-state index >= 15 is 0 Å². The molecule has 0 spiro atoms. The Labute approximate surface area is 109 Å². The summed E-state index contributed by atoms with van der Waals surface area (Å²) in [6.07, 6.45) is 0.0136. The molecule has 4 heteroatoms. The third-order valence-electron chi connectivity index (χ3n) is 2.92. The second-order valence-electron chi connectivity index (χ2n) is 4.40. The molecule has 0 saturated heterocycles. The summed E-state index contributed by atoms with van der Waals surface area (Å²) in [5.41, 5.74) is 6.79. The Hall–Kier alpha value is -2.23. The molecular formula is C15H13F2NO. The van der Waals surface area contributed by atoms with E-state index in [0.29, 0.717) is 11.3 Å². The lowest BCUT2D eigenvalue weighted by Crippen LogP contribution is -2.08. The predicted octanol–water partition coefficient (Wildman–Crippen LogP) is 3.28. The average molecular weight is 261 g/mol. The Bertz CT molecular complexity index is 621. The molecule has 2 nitrogen and oxygen atoms in total. The minimum absolute atomic E-state index is 0.0136. The number of hydrogen-bond donors (Lipinski definition) is 1. The number of Topliss-reactive ketones (excluding diaryl/α,β-unsaturated/α-hetero) is 1. The average Bonchev–Trinajstić information content (AvgIpc) is 2.39. The van der Waals surface area contributed by atoms with Crippen molar-refractivity contribution in [3.63, 3.8) is 0 Å². The molecule has 2 aromatic carbocycles. The molecule has 0 heterocycles. The fourth-order valence-electron chi connectivity index (χ4n) is 1.78. The molecule has 19 heavy (non-hydrogen) atoms. The fourth-order valence-corrected chi connectivity index (χ4v) is 1.78. The number of halogens is 2. The third-order valence-corrected chi connectivity index (χ3v) is 2.92. The molecule has 0 bridgehead atoms. The van der Waals surface area contributed by atoms with E-state index in [0.717, 1.165) is 0 Å². The van der Waals surface area contributed by atoms with Crippen molar-refractivity contribution in [2.45, 2.75) is 13.3 Å². The van der Waals surface area contributed by atoms with E-state index in [1.54, 1.807) is 24.3 Å². The zero-order valence-corrected chi connectivity index (χ0v) is 10.4. The van der Waals surface area contributed by atoms with E-state index in [-0.39, 0.29) is 17.5 Å². The lowest BCUT2D eigenvalue weighted by Gasteiger charge is -2.06. The van der Waals surface area contributed by atoms with E-state index in [9.17, 15) is 13.6 Å². The summed E-state index contributed by atoms with van der Waals surface area (Å²) in [6, 6.07) is 9.41. The van der Waals surface area contributed by atoms with Gasteiger partial charge in [-0.3, -0.25) is 4.79 Å². The number of ketones is 1. The zero-order valence-electron chi connectivity index (χ0n) is 10.4. The first-order valence-electron chi connectivity index (χ1n) is 5.81. The molecule has 0 aliphatic carbocycles. The lowest BCUT2D eigenvalue weighted by atomic mass is 10.0. The summed E-state index contributed by atoms with van der Waals surface area (Å²) in [5, 5.41) is 0. The molecule has 0 unspecified atom stereocenters. The summed E-state index contributed by atoms with van der Waals surface area (Å²) in [7, 11) is 0. The number of rotatable bonds is 3. The van der Waals surface area contributed by atoms with E-state index in [2.05, 4.69) is 0 Å². The normalized spacial score (nSPS) is 10.5. The van der Waals surface area contributed by atoms with Gasteiger partial charge < -0.3 is 5.73 Å². The number of nitrogens with two attached hydrogens (primary N) is 1. The molecule has 0 radical (unpaired) electrons. The summed E-state index contributed by atoms with van der Waals surface area (Å²) < 4.78 is 27.1. The second kappa shape index (κ2) is 5.18. The van der Waals surface area contributed by atoms with Crippen LogP contribution in [0.2, 0.25) is 0 Å². The molecule has 2 N–H and O–H groups in total. The van der Waals surface area contributed by atoms with Crippen LogP contribution in [-0.2, 0) is 6.42 Å². The molecule has 0 saturated carbocycles. The highest BCUT2D eigenvalue weighted by molar-refractivity contribution is 5.97. The summed E-state index contributed by atoms with van der Waals surface area (Å²) in [6.45, 7) is 1.45. The molecule has 0 atom stereocenters. The smallest absolute Gasteiger partial charge is 0.170 e. The molecule has 0 amide bonds. The van der Waals surface area contributed by atoms with Gasteiger partial charge in [-0.15, -0.1) is 0 Å². The molecule has 2 aromatic rings. The highest BCUT2D eigenvalue weighted by atomic mass is 19.2. The number of aryl methyl sites for hydroxylation is 1. The van der Waals surface area contributed by atoms with E-state index < -0.39 is 17.4 Å². The maximum absolute atomic E-state index is 13.7. The van der Waals surface area contributed by atoms with Gasteiger partial charge in [0.25, 0.3) is 0 Å². The Morgan fingerprint density at radius 1 is 1.05 bits per heavy atom. The molecule has 0 fully saturated rings. The van der Waals surface area contributed by atoms with Crippen molar-refractivity contribution >= 4 is 11.5 Å². The van der Waals surface area contributed by atoms with Gasteiger partial charge in [0.05, 0.1) is 5.56 Å². The van der Waals surface area contributed by atoms with Gasteiger partial charge in [0.15, 0.2) is 17.4 Å². The molecule has 0 aliphatic rings. The van der Waals surface area contributed by atoms with Gasteiger partial charge in [-0.25, -0.2) is 8.78 Å². The van der Waals surface area contributed by atoms with Crippen LogP contribution in [0.25, 0.3) is 0 Å². The first kappa shape index (κ1) is 13.2.